The second kappa shape index (κ2) is 7.16. The van der Waals surface area contributed by atoms with E-state index < -0.39 is 5.41 Å². The summed E-state index contributed by atoms with van der Waals surface area (Å²) in [6.07, 6.45) is 2.75. The Morgan fingerprint density at radius 2 is 2.08 bits per heavy atom. The molecule has 0 heterocycles. The van der Waals surface area contributed by atoms with E-state index in [9.17, 15) is 4.79 Å². The van der Waals surface area contributed by atoms with Gasteiger partial charge in [0.15, 0.2) is 0 Å². The lowest BCUT2D eigenvalue weighted by molar-refractivity contribution is -0.153. The van der Waals surface area contributed by atoms with Gasteiger partial charge in [0.25, 0.3) is 0 Å². The number of rotatable bonds is 5. The van der Waals surface area contributed by atoms with Gasteiger partial charge in [-0.05, 0) is 71.6 Å². The van der Waals surface area contributed by atoms with Crippen LogP contribution in [-0.4, -0.2) is 12.6 Å². The molecule has 3 nitrogen and oxygen atoms in total. The molecule has 0 saturated heterocycles. The minimum Gasteiger partial charge on any atom is -0.465 e. The van der Waals surface area contributed by atoms with E-state index in [1.807, 2.05) is 49.4 Å². The average Bonchev–Trinajstić information content (AvgIpc) is 2.49. The minimum atomic E-state index is -0.479. The number of nitrogens with one attached hydrogen (secondary N) is 1. The maximum Gasteiger partial charge on any atom is 0.316 e. The maximum absolute atomic E-state index is 12.4. The summed E-state index contributed by atoms with van der Waals surface area (Å²) in [6.45, 7) is 2.26. The molecule has 0 amide bonds. The molecular formula is C19H19BrClNO2. The van der Waals surface area contributed by atoms with E-state index in [1.165, 1.54) is 0 Å². The molecule has 1 fully saturated rings. The number of carbonyl (C=O) groups excluding carboxylic acids is 1. The zero-order valence-corrected chi connectivity index (χ0v) is 15.8. The van der Waals surface area contributed by atoms with Crippen LogP contribution in [0.25, 0.3) is 0 Å². The molecule has 0 spiro atoms. The highest BCUT2D eigenvalue weighted by Gasteiger charge is 2.47. The van der Waals surface area contributed by atoms with Crippen molar-refractivity contribution in [3.8, 4) is 0 Å². The molecule has 0 atom stereocenters. The lowest BCUT2D eigenvalue weighted by Gasteiger charge is -2.39. The Kier molecular flexibility index (Phi) is 5.16. The van der Waals surface area contributed by atoms with Crippen LogP contribution in [0.3, 0.4) is 0 Å². The molecule has 5 heteroatoms. The molecule has 3 rings (SSSR count). The van der Waals surface area contributed by atoms with Crippen LogP contribution < -0.4 is 5.32 Å². The number of esters is 1. The molecule has 126 valence electrons. The smallest absolute Gasteiger partial charge is 0.316 e. The van der Waals surface area contributed by atoms with E-state index >= 15 is 0 Å². The third-order valence-corrected chi connectivity index (χ3v) is 5.39. The molecule has 2 aromatic rings. The predicted molar refractivity (Wildman–Crippen MR) is 101 cm³/mol. The highest BCUT2D eigenvalue weighted by Crippen LogP contribution is 2.46. The Balaban J connectivity index is 1.85. The van der Waals surface area contributed by atoms with Gasteiger partial charge >= 0.3 is 5.97 Å². The van der Waals surface area contributed by atoms with Gasteiger partial charge < -0.3 is 10.1 Å². The molecule has 2 aromatic carbocycles. The SMILES string of the molecule is CCOC(=O)C1(c2ccc(Nc3cccc(Cl)c3)c(Br)c2)CCC1. The van der Waals surface area contributed by atoms with E-state index in [2.05, 4.69) is 21.2 Å². The van der Waals surface area contributed by atoms with E-state index in [1.54, 1.807) is 0 Å². The summed E-state index contributed by atoms with van der Waals surface area (Å²) < 4.78 is 6.21. The Hall–Kier alpha value is -1.52. The normalized spacial score (nSPS) is 15.5. The fraction of sp³-hybridized carbons (Fsp3) is 0.316. The van der Waals surface area contributed by atoms with Gasteiger partial charge in [0.05, 0.1) is 17.7 Å². The molecule has 1 N–H and O–H groups in total. The van der Waals surface area contributed by atoms with Crippen molar-refractivity contribution in [2.45, 2.75) is 31.6 Å². The second-order valence-corrected chi connectivity index (χ2v) is 7.28. The summed E-state index contributed by atoms with van der Waals surface area (Å²) in [6, 6.07) is 13.6. The molecular weight excluding hydrogens is 390 g/mol. The molecule has 1 aliphatic carbocycles. The second-order valence-electron chi connectivity index (χ2n) is 5.99. The van der Waals surface area contributed by atoms with E-state index in [-0.39, 0.29) is 5.97 Å². The molecule has 24 heavy (non-hydrogen) atoms. The zero-order valence-electron chi connectivity index (χ0n) is 13.4. The molecule has 0 unspecified atom stereocenters. The van der Waals surface area contributed by atoms with Crippen molar-refractivity contribution in [1.29, 1.82) is 0 Å². The van der Waals surface area contributed by atoms with Crippen molar-refractivity contribution in [3.63, 3.8) is 0 Å². The fourth-order valence-electron chi connectivity index (χ4n) is 3.05. The van der Waals surface area contributed by atoms with Crippen LogP contribution in [0.2, 0.25) is 5.02 Å². The first-order valence-electron chi connectivity index (χ1n) is 8.05. The number of carbonyl (C=O) groups is 1. The van der Waals surface area contributed by atoms with Crippen molar-refractivity contribution in [2.75, 3.05) is 11.9 Å². The number of benzene rings is 2. The van der Waals surface area contributed by atoms with Crippen molar-refractivity contribution < 1.29 is 9.53 Å². The Morgan fingerprint density at radius 3 is 2.67 bits per heavy atom. The quantitative estimate of drug-likeness (QED) is 0.632. The van der Waals surface area contributed by atoms with Gasteiger partial charge in [-0.2, -0.15) is 0 Å². The Labute approximate surface area is 155 Å². The monoisotopic (exact) mass is 407 g/mol. The highest BCUT2D eigenvalue weighted by atomic mass is 79.9. The molecule has 1 aliphatic rings. The van der Waals surface area contributed by atoms with Crippen molar-refractivity contribution in [1.82, 2.24) is 0 Å². The molecule has 1 saturated carbocycles. The predicted octanol–water partition coefficient (Wildman–Crippen LogP) is 5.83. The number of hydrogen-bond acceptors (Lipinski definition) is 3. The summed E-state index contributed by atoms with van der Waals surface area (Å²) in [7, 11) is 0. The van der Waals surface area contributed by atoms with Crippen LogP contribution in [0.4, 0.5) is 11.4 Å². The fourth-order valence-corrected chi connectivity index (χ4v) is 3.71. The van der Waals surface area contributed by atoms with Gasteiger partial charge in [-0.25, -0.2) is 0 Å². The van der Waals surface area contributed by atoms with Gasteiger partial charge in [0.1, 0.15) is 0 Å². The maximum atomic E-state index is 12.4. The van der Waals surface area contributed by atoms with Crippen LogP contribution >= 0.6 is 27.5 Å². The zero-order chi connectivity index (χ0) is 17.2. The summed E-state index contributed by atoms with van der Waals surface area (Å²) in [5.74, 6) is -0.112. The number of halogens is 2. The third-order valence-electron chi connectivity index (χ3n) is 4.50. The van der Waals surface area contributed by atoms with E-state index in [4.69, 9.17) is 16.3 Å². The Bertz CT molecular complexity index is 759. The first-order chi connectivity index (χ1) is 11.5. The van der Waals surface area contributed by atoms with Crippen LogP contribution in [0.15, 0.2) is 46.9 Å². The highest BCUT2D eigenvalue weighted by molar-refractivity contribution is 9.10. The van der Waals surface area contributed by atoms with Crippen LogP contribution in [0.5, 0.6) is 0 Å². The molecule has 0 bridgehead atoms. The largest absolute Gasteiger partial charge is 0.465 e. The molecule has 0 aromatic heterocycles. The van der Waals surface area contributed by atoms with E-state index in [0.717, 1.165) is 40.7 Å². The molecule has 0 radical (unpaired) electrons. The number of ether oxygens (including phenoxy) is 1. The standard InChI is InChI=1S/C19H19BrClNO2/c1-2-24-18(23)19(9-4-10-19)13-7-8-17(16(20)11-13)22-15-6-3-5-14(21)12-15/h3,5-8,11-12,22H,2,4,9-10H2,1H3. The van der Waals surface area contributed by atoms with Crippen LogP contribution in [0.1, 0.15) is 31.7 Å². The number of anilines is 2. The van der Waals surface area contributed by atoms with E-state index in [0.29, 0.717) is 11.6 Å². The van der Waals surface area contributed by atoms with Crippen molar-refractivity contribution in [2.24, 2.45) is 0 Å². The summed E-state index contributed by atoms with van der Waals surface area (Å²) in [5.41, 5.74) is 2.38. The molecule has 0 aliphatic heterocycles. The topological polar surface area (TPSA) is 38.3 Å². The van der Waals surface area contributed by atoms with Gasteiger partial charge in [-0.1, -0.05) is 30.2 Å². The number of hydrogen-bond donors (Lipinski definition) is 1. The first-order valence-corrected chi connectivity index (χ1v) is 9.22. The van der Waals surface area contributed by atoms with Gasteiger partial charge in [0.2, 0.25) is 0 Å². The van der Waals surface area contributed by atoms with Crippen molar-refractivity contribution in [3.05, 3.63) is 57.5 Å². The van der Waals surface area contributed by atoms with Gasteiger partial charge in [-0.3, -0.25) is 4.79 Å². The van der Waals surface area contributed by atoms with Crippen molar-refractivity contribution >= 4 is 44.9 Å². The van der Waals surface area contributed by atoms with Crippen LogP contribution in [0, 0.1) is 0 Å². The minimum absolute atomic E-state index is 0.112. The van der Waals surface area contributed by atoms with Crippen LogP contribution in [-0.2, 0) is 14.9 Å². The summed E-state index contributed by atoms with van der Waals surface area (Å²) in [5, 5.41) is 4.02. The Morgan fingerprint density at radius 1 is 1.29 bits per heavy atom. The van der Waals surface area contributed by atoms with Gasteiger partial charge in [0, 0.05) is 15.2 Å². The summed E-state index contributed by atoms with van der Waals surface area (Å²) >= 11 is 9.63. The lowest BCUT2D eigenvalue weighted by atomic mass is 9.64. The van der Waals surface area contributed by atoms with Gasteiger partial charge in [-0.15, -0.1) is 0 Å². The lowest BCUT2D eigenvalue weighted by Crippen LogP contribution is -2.43. The third kappa shape index (κ3) is 3.31. The summed E-state index contributed by atoms with van der Waals surface area (Å²) in [4.78, 5) is 12.4. The average molecular weight is 409 g/mol. The first kappa shape index (κ1) is 17.3.